The molecule has 4 N–H and O–H groups in total. The fraction of sp³-hybridized carbons (Fsp3) is 0.217. The molecule has 5 rings (SSSR count). The third kappa shape index (κ3) is 3.62. The Morgan fingerprint density at radius 1 is 1.19 bits per heavy atom. The molecule has 156 valence electrons. The van der Waals surface area contributed by atoms with E-state index in [2.05, 4.69) is 20.6 Å². The number of nitrogens with zero attached hydrogens (tertiary/aromatic N) is 4. The van der Waals surface area contributed by atoms with Crippen LogP contribution in [0.15, 0.2) is 54.9 Å². The Kier molecular flexibility index (Phi) is 4.83. The van der Waals surface area contributed by atoms with E-state index in [4.69, 9.17) is 10.8 Å². The van der Waals surface area contributed by atoms with Gasteiger partial charge in [0.2, 0.25) is 0 Å². The van der Waals surface area contributed by atoms with Crippen LogP contribution in [-0.4, -0.2) is 38.7 Å². The molecule has 1 atom stereocenters. The number of nitrogen functional groups attached to an aromatic ring is 1. The quantitative estimate of drug-likeness (QED) is 0.474. The van der Waals surface area contributed by atoms with E-state index < -0.39 is 0 Å². The van der Waals surface area contributed by atoms with Crippen LogP contribution in [0.25, 0.3) is 22.3 Å². The molecule has 2 aromatic carbocycles. The van der Waals surface area contributed by atoms with E-state index in [-0.39, 0.29) is 11.9 Å². The summed E-state index contributed by atoms with van der Waals surface area (Å²) in [5, 5.41) is 11.9. The van der Waals surface area contributed by atoms with Crippen molar-refractivity contribution in [2.24, 2.45) is 0 Å². The summed E-state index contributed by atoms with van der Waals surface area (Å²) in [5.41, 5.74) is 11.0. The molecule has 0 spiro atoms. The number of fused-ring (bicyclic) bond motifs is 1. The minimum absolute atomic E-state index is 0.141. The predicted octanol–water partition coefficient (Wildman–Crippen LogP) is 3.17. The number of carbonyl (C=O) groups excluding carboxylic acids is 1. The van der Waals surface area contributed by atoms with Gasteiger partial charge in [0.05, 0.1) is 11.4 Å². The maximum atomic E-state index is 12.5. The van der Waals surface area contributed by atoms with Crippen molar-refractivity contribution < 1.29 is 4.79 Å². The van der Waals surface area contributed by atoms with E-state index >= 15 is 0 Å². The number of aromatic nitrogens is 4. The van der Waals surface area contributed by atoms with Crippen LogP contribution in [0, 0.1) is 6.92 Å². The number of anilines is 2. The maximum absolute atomic E-state index is 12.5. The lowest BCUT2D eigenvalue weighted by molar-refractivity contribution is 0.102. The minimum atomic E-state index is -0.141. The summed E-state index contributed by atoms with van der Waals surface area (Å²) in [4.78, 5) is 21.2. The Labute approximate surface area is 179 Å². The van der Waals surface area contributed by atoms with Crippen molar-refractivity contribution in [3.8, 4) is 11.3 Å². The Balaban J connectivity index is 1.46. The molecule has 1 fully saturated rings. The lowest BCUT2D eigenvalue weighted by Crippen LogP contribution is -2.15. The van der Waals surface area contributed by atoms with E-state index in [9.17, 15) is 4.79 Å². The number of nitrogens with two attached hydrogens (primary N) is 1. The summed E-state index contributed by atoms with van der Waals surface area (Å²) in [6.07, 6.45) is 2.47. The number of aryl methyl sites for hydroxylation is 1. The summed E-state index contributed by atoms with van der Waals surface area (Å²) in [6, 6.07) is 15.3. The zero-order valence-electron chi connectivity index (χ0n) is 17.2. The van der Waals surface area contributed by atoms with E-state index in [0.717, 1.165) is 47.4 Å². The van der Waals surface area contributed by atoms with E-state index in [1.54, 1.807) is 6.07 Å². The van der Waals surface area contributed by atoms with Crippen LogP contribution in [0.3, 0.4) is 0 Å². The molecular formula is C23H23N7O. The molecule has 0 unspecified atom stereocenters. The highest BCUT2D eigenvalue weighted by Crippen LogP contribution is 2.33. The van der Waals surface area contributed by atoms with Crippen LogP contribution in [0.4, 0.5) is 11.5 Å². The van der Waals surface area contributed by atoms with Crippen LogP contribution >= 0.6 is 0 Å². The third-order valence-electron chi connectivity index (χ3n) is 5.59. The second kappa shape index (κ2) is 7.81. The van der Waals surface area contributed by atoms with Crippen molar-refractivity contribution in [3.05, 3.63) is 66.0 Å². The Bertz CT molecular complexity index is 1260. The van der Waals surface area contributed by atoms with Gasteiger partial charge >= 0.3 is 0 Å². The Hall–Kier alpha value is -3.78. The molecule has 0 saturated carbocycles. The number of hydrogen-bond acceptors (Lipinski definition) is 6. The molecule has 0 aliphatic carbocycles. The fourth-order valence-electron chi connectivity index (χ4n) is 4.00. The zero-order chi connectivity index (χ0) is 21.4. The largest absolute Gasteiger partial charge is 0.383 e. The number of carbonyl (C=O) groups is 1. The first-order chi connectivity index (χ1) is 15.1. The standard InChI is InChI=1S/C23H23N7O/c1-14-3-2-4-16(11-14)23(31)28-17-7-5-15(6-8-17)20-19-21(24)26-13-27-22(19)30(29-20)18-9-10-25-12-18/h2-8,11,13,18,25H,9-10,12H2,1H3,(H,28,31)(H2,24,26,27)/t18-/m0/s1. The monoisotopic (exact) mass is 413 g/mol. The number of amides is 1. The van der Waals surface area contributed by atoms with Crippen molar-refractivity contribution in [3.63, 3.8) is 0 Å². The predicted molar refractivity (Wildman–Crippen MR) is 121 cm³/mol. The number of hydrogen-bond donors (Lipinski definition) is 3. The van der Waals surface area contributed by atoms with Crippen molar-refractivity contribution in [2.75, 3.05) is 24.1 Å². The van der Waals surface area contributed by atoms with Gasteiger partial charge in [-0.05, 0) is 44.2 Å². The lowest BCUT2D eigenvalue weighted by Gasteiger charge is -2.09. The van der Waals surface area contributed by atoms with E-state index in [0.29, 0.717) is 17.1 Å². The molecule has 3 heterocycles. The maximum Gasteiger partial charge on any atom is 0.255 e. The highest BCUT2D eigenvalue weighted by Gasteiger charge is 2.24. The Morgan fingerprint density at radius 3 is 2.77 bits per heavy atom. The summed E-state index contributed by atoms with van der Waals surface area (Å²) in [7, 11) is 0. The average molecular weight is 413 g/mol. The molecule has 8 nitrogen and oxygen atoms in total. The molecule has 1 aliphatic heterocycles. The van der Waals surface area contributed by atoms with Gasteiger partial charge in [-0.3, -0.25) is 4.79 Å². The molecule has 1 aliphatic rings. The number of nitrogens with one attached hydrogen (secondary N) is 2. The van der Waals surface area contributed by atoms with Gasteiger partial charge in [0.25, 0.3) is 5.91 Å². The second-order valence-corrected chi connectivity index (χ2v) is 7.80. The molecule has 1 amide bonds. The first kappa shape index (κ1) is 19.2. The smallest absolute Gasteiger partial charge is 0.255 e. The highest BCUT2D eigenvalue weighted by atomic mass is 16.1. The van der Waals surface area contributed by atoms with Crippen LogP contribution in [-0.2, 0) is 0 Å². The van der Waals surface area contributed by atoms with Crippen molar-refractivity contribution in [1.82, 2.24) is 25.1 Å². The summed E-state index contributed by atoms with van der Waals surface area (Å²) >= 11 is 0. The SMILES string of the molecule is Cc1cccc(C(=O)Nc2ccc(-c3nn([C@H]4CCNC4)c4ncnc(N)c34)cc2)c1. The molecular weight excluding hydrogens is 390 g/mol. The third-order valence-corrected chi connectivity index (χ3v) is 5.59. The van der Waals surface area contributed by atoms with Crippen molar-refractivity contribution in [1.29, 1.82) is 0 Å². The molecule has 1 saturated heterocycles. The van der Waals surface area contributed by atoms with Gasteiger partial charge in [0.1, 0.15) is 17.8 Å². The average Bonchev–Trinajstić information content (AvgIpc) is 3.43. The van der Waals surface area contributed by atoms with Crippen molar-refractivity contribution >= 4 is 28.4 Å². The van der Waals surface area contributed by atoms with Crippen molar-refractivity contribution in [2.45, 2.75) is 19.4 Å². The van der Waals surface area contributed by atoms with Gasteiger partial charge in [-0.1, -0.05) is 29.8 Å². The van der Waals surface area contributed by atoms with E-state index in [1.165, 1.54) is 6.33 Å². The molecule has 0 bridgehead atoms. The van der Waals surface area contributed by atoms with Gasteiger partial charge in [-0.25, -0.2) is 14.6 Å². The molecule has 2 aromatic heterocycles. The van der Waals surface area contributed by atoms with Gasteiger partial charge in [-0.2, -0.15) is 5.10 Å². The lowest BCUT2D eigenvalue weighted by atomic mass is 10.1. The van der Waals surface area contributed by atoms with Gasteiger partial charge in [-0.15, -0.1) is 0 Å². The first-order valence-corrected chi connectivity index (χ1v) is 10.3. The van der Waals surface area contributed by atoms with Gasteiger partial charge in [0.15, 0.2) is 5.65 Å². The van der Waals surface area contributed by atoms with Crippen LogP contribution < -0.4 is 16.4 Å². The summed E-state index contributed by atoms with van der Waals surface area (Å²) in [6.45, 7) is 3.77. The first-order valence-electron chi connectivity index (χ1n) is 10.3. The molecule has 8 heteroatoms. The van der Waals surface area contributed by atoms with E-state index in [1.807, 2.05) is 54.1 Å². The Morgan fingerprint density at radius 2 is 2.03 bits per heavy atom. The number of rotatable bonds is 4. The summed E-state index contributed by atoms with van der Waals surface area (Å²) < 4.78 is 1.95. The topological polar surface area (TPSA) is 111 Å². The van der Waals surface area contributed by atoms with Crippen LogP contribution in [0.1, 0.15) is 28.4 Å². The molecule has 31 heavy (non-hydrogen) atoms. The number of benzene rings is 2. The molecule has 0 radical (unpaired) electrons. The van der Waals surface area contributed by atoms with Gasteiger partial charge < -0.3 is 16.4 Å². The second-order valence-electron chi connectivity index (χ2n) is 7.80. The summed E-state index contributed by atoms with van der Waals surface area (Å²) in [5.74, 6) is 0.270. The van der Waals surface area contributed by atoms with Crippen LogP contribution in [0.2, 0.25) is 0 Å². The van der Waals surface area contributed by atoms with Crippen LogP contribution in [0.5, 0.6) is 0 Å². The molecule has 4 aromatic rings. The fourth-order valence-corrected chi connectivity index (χ4v) is 4.00. The minimum Gasteiger partial charge on any atom is -0.383 e. The van der Waals surface area contributed by atoms with Gasteiger partial charge in [0, 0.05) is 23.4 Å². The zero-order valence-corrected chi connectivity index (χ0v) is 17.2. The highest BCUT2D eigenvalue weighted by molar-refractivity contribution is 6.04. The normalized spacial score (nSPS) is 16.0.